The first-order chi connectivity index (χ1) is 8.69. The smallest absolute Gasteiger partial charge is 0.123 e. The van der Waals surface area contributed by atoms with Crippen molar-refractivity contribution in [3.63, 3.8) is 0 Å². The fourth-order valence-electron chi connectivity index (χ4n) is 1.66. The molecule has 0 aliphatic rings. The summed E-state index contributed by atoms with van der Waals surface area (Å²) in [5.41, 5.74) is 8.54. The highest BCUT2D eigenvalue weighted by molar-refractivity contribution is 14.1. The van der Waals surface area contributed by atoms with Gasteiger partial charge in [0.25, 0.3) is 0 Å². The van der Waals surface area contributed by atoms with Crippen LogP contribution >= 0.6 is 22.6 Å². The lowest BCUT2D eigenvalue weighted by molar-refractivity contribution is 0.340. The predicted molar refractivity (Wildman–Crippen MR) is 84.5 cm³/mol. The summed E-state index contributed by atoms with van der Waals surface area (Å²) in [5, 5.41) is 3.34. The molecule has 0 radical (unpaired) electrons. The Morgan fingerprint density at radius 1 is 1.22 bits per heavy atom. The summed E-state index contributed by atoms with van der Waals surface area (Å²) in [6.07, 6.45) is 0. The Morgan fingerprint density at radius 3 is 2.72 bits per heavy atom. The van der Waals surface area contributed by atoms with Gasteiger partial charge >= 0.3 is 0 Å². The van der Waals surface area contributed by atoms with Crippen molar-refractivity contribution >= 4 is 39.7 Å². The number of para-hydroxylation sites is 1. The van der Waals surface area contributed by atoms with E-state index in [0.29, 0.717) is 12.3 Å². The average molecular weight is 354 g/mol. The van der Waals surface area contributed by atoms with E-state index in [9.17, 15) is 0 Å². The highest BCUT2D eigenvalue weighted by Crippen LogP contribution is 2.27. The van der Waals surface area contributed by atoms with Gasteiger partial charge in [0.05, 0.1) is 12.3 Å². The van der Waals surface area contributed by atoms with Gasteiger partial charge in [-0.15, -0.1) is 0 Å². The third-order valence-corrected chi connectivity index (χ3v) is 3.33. The van der Waals surface area contributed by atoms with E-state index in [-0.39, 0.29) is 0 Å². The Morgan fingerprint density at radius 2 is 2.00 bits per heavy atom. The summed E-state index contributed by atoms with van der Waals surface area (Å²) < 4.78 is 6.64. The topological polar surface area (TPSA) is 47.3 Å². The molecule has 18 heavy (non-hydrogen) atoms. The second-order valence-electron chi connectivity index (χ2n) is 3.83. The lowest BCUT2D eigenvalue weighted by Crippen LogP contribution is -1.97. The summed E-state index contributed by atoms with van der Waals surface area (Å²) in [6, 6.07) is 13.8. The monoisotopic (exact) mass is 354 g/mol. The summed E-state index contributed by atoms with van der Waals surface area (Å²) >= 11 is 2.30. The fourth-order valence-corrected chi connectivity index (χ4v) is 2.18. The van der Waals surface area contributed by atoms with Crippen LogP contribution in [0.15, 0.2) is 42.5 Å². The van der Waals surface area contributed by atoms with E-state index < -0.39 is 0 Å². The first-order valence-electron chi connectivity index (χ1n) is 5.74. The van der Waals surface area contributed by atoms with Gasteiger partial charge in [-0.3, -0.25) is 0 Å². The molecule has 0 fully saturated rings. The van der Waals surface area contributed by atoms with E-state index in [2.05, 4.69) is 34.0 Å². The van der Waals surface area contributed by atoms with Gasteiger partial charge in [-0.2, -0.15) is 0 Å². The molecular formula is C14H15IN2O. The average Bonchev–Trinajstić information content (AvgIpc) is 2.32. The van der Waals surface area contributed by atoms with E-state index >= 15 is 0 Å². The van der Waals surface area contributed by atoms with E-state index in [1.165, 1.54) is 0 Å². The van der Waals surface area contributed by atoms with Gasteiger partial charge < -0.3 is 15.8 Å². The van der Waals surface area contributed by atoms with Crippen LogP contribution < -0.4 is 15.8 Å². The van der Waals surface area contributed by atoms with Crippen LogP contribution in [0.4, 0.5) is 17.1 Å². The predicted octanol–water partition coefficient (Wildman–Crippen LogP) is 4.02. The largest absolute Gasteiger partial charge is 0.494 e. The van der Waals surface area contributed by atoms with Crippen LogP contribution in [-0.4, -0.2) is 6.61 Å². The SMILES string of the molecule is CCOc1cc(N)cc(Nc2ccccc2I)c1. The van der Waals surface area contributed by atoms with Gasteiger partial charge in [0.15, 0.2) is 0 Å². The molecule has 0 aliphatic carbocycles. The Balaban J connectivity index is 2.26. The van der Waals surface area contributed by atoms with Crippen LogP contribution in [0.1, 0.15) is 6.92 Å². The van der Waals surface area contributed by atoms with Crippen molar-refractivity contribution in [2.24, 2.45) is 0 Å². The minimum atomic E-state index is 0.631. The molecule has 0 atom stereocenters. The highest BCUT2D eigenvalue weighted by atomic mass is 127. The number of nitrogens with two attached hydrogens (primary N) is 1. The molecule has 0 saturated heterocycles. The lowest BCUT2D eigenvalue weighted by atomic mass is 10.2. The highest BCUT2D eigenvalue weighted by Gasteiger charge is 2.02. The number of anilines is 3. The first kappa shape index (κ1) is 13.0. The molecule has 3 nitrogen and oxygen atoms in total. The van der Waals surface area contributed by atoms with Crippen molar-refractivity contribution in [1.29, 1.82) is 0 Å². The Bertz CT molecular complexity index is 543. The number of benzene rings is 2. The van der Waals surface area contributed by atoms with Crippen LogP contribution in [0.25, 0.3) is 0 Å². The van der Waals surface area contributed by atoms with Crippen molar-refractivity contribution in [2.45, 2.75) is 6.92 Å². The molecule has 0 amide bonds. The molecule has 94 valence electrons. The molecule has 0 aliphatic heterocycles. The van der Waals surface area contributed by atoms with Crippen LogP contribution in [0.5, 0.6) is 5.75 Å². The van der Waals surface area contributed by atoms with Crippen molar-refractivity contribution < 1.29 is 4.74 Å². The van der Waals surface area contributed by atoms with Crippen molar-refractivity contribution in [3.8, 4) is 5.75 Å². The molecule has 0 saturated carbocycles. The van der Waals surface area contributed by atoms with Crippen molar-refractivity contribution in [1.82, 2.24) is 0 Å². The summed E-state index contributed by atoms with van der Waals surface area (Å²) in [7, 11) is 0. The Hall–Kier alpha value is -1.43. The number of hydrogen-bond acceptors (Lipinski definition) is 3. The molecule has 0 spiro atoms. The minimum absolute atomic E-state index is 0.631. The molecule has 0 heterocycles. The van der Waals surface area contributed by atoms with Gasteiger partial charge in [-0.05, 0) is 47.7 Å². The molecule has 3 N–H and O–H groups in total. The lowest BCUT2D eigenvalue weighted by Gasteiger charge is -2.11. The third-order valence-electron chi connectivity index (χ3n) is 2.39. The van der Waals surface area contributed by atoms with E-state index in [0.717, 1.165) is 20.7 Å². The number of nitrogen functional groups attached to an aromatic ring is 1. The quantitative estimate of drug-likeness (QED) is 0.644. The Labute approximate surface area is 120 Å². The number of nitrogens with one attached hydrogen (secondary N) is 1. The van der Waals surface area contributed by atoms with Crippen LogP contribution in [-0.2, 0) is 0 Å². The zero-order chi connectivity index (χ0) is 13.0. The van der Waals surface area contributed by atoms with Crippen molar-refractivity contribution in [2.75, 3.05) is 17.7 Å². The van der Waals surface area contributed by atoms with Gasteiger partial charge in [0.1, 0.15) is 5.75 Å². The van der Waals surface area contributed by atoms with E-state index in [4.69, 9.17) is 10.5 Å². The van der Waals surface area contributed by atoms with Gasteiger partial charge in [0.2, 0.25) is 0 Å². The molecule has 0 bridgehead atoms. The van der Waals surface area contributed by atoms with Crippen LogP contribution in [0, 0.1) is 3.57 Å². The van der Waals surface area contributed by atoms with Crippen molar-refractivity contribution in [3.05, 3.63) is 46.0 Å². The first-order valence-corrected chi connectivity index (χ1v) is 6.82. The second kappa shape index (κ2) is 5.95. The normalized spacial score (nSPS) is 10.1. The minimum Gasteiger partial charge on any atom is -0.494 e. The van der Waals surface area contributed by atoms with E-state index in [1.807, 2.05) is 43.3 Å². The second-order valence-corrected chi connectivity index (χ2v) is 4.99. The standard InChI is InChI=1S/C14H15IN2O/c1-2-18-12-8-10(16)7-11(9-12)17-14-6-4-3-5-13(14)15/h3-9,17H,2,16H2,1H3. The third kappa shape index (κ3) is 3.29. The number of hydrogen-bond donors (Lipinski definition) is 2. The van der Waals surface area contributed by atoms with Gasteiger partial charge in [-0.1, -0.05) is 12.1 Å². The molecule has 0 unspecified atom stereocenters. The number of rotatable bonds is 4. The number of halogens is 1. The molecule has 4 heteroatoms. The fraction of sp³-hybridized carbons (Fsp3) is 0.143. The summed E-state index contributed by atoms with van der Waals surface area (Å²) in [4.78, 5) is 0. The molecule has 2 aromatic carbocycles. The molecule has 2 aromatic rings. The molecular weight excluding hydrogens is 339 g/mol. The maximum absolute atomic E-state index is 5.86. The van der Waals surface area contributed by atoms with Gasteiger partial charge in [0, 0.05) is 27.1 Å². The zero-order valence-electron chi connectivity index (χ0n) is 10.1. The maximum Gasteiger partial charge on any atom is 0.123 e. The molecule has 2 rings (SSSR count). The van der Waals surface area contributed by atoms with Gasteiger partial charge in [-0.25, -0.2) is 0 Å². The summed E-state index contributed by atoms with van der Waals surface area (Å²) in [6.45, 7) is 2.59. The Kier molecular flexibility index (Phi) is 4.30. The van der Waals surface area contributed by atoms with Crippen LogP contribution in [0.3, 0.4) is 0 Å². The summed E-state index contributed by atoms with van der Waals surface area (Å²) in [5.74, 6) is 0.783. The van der Waals surface area contributed by atoms with E-state index in [1.54, 1.807) is 0 Å². The maximum atomic E-state index is 5.86. The number of ether oxygens (including phenoxy) is 1. The molecule has 0 aromatic heterocycles. The van der Waals surface area contributed by atoms with Crippen LogP contribution in [0.2, 0.25) is 0 Å². The zero-order valence-corrected chi connectivity index (χ0v) is 12.3.